The van der Waals surface area contributed by atoms with Gasteiger partial charge in [-0.2, -0.15) is 0 Å². The molecule has 0 aromatic heterocycles. The quantitative estimate of drug-likeness (QED) is 0.855. The lowest BCUT2D eigenvalue weighted by molar-refractivity contribution is -0.116. The average molecular weight is 332 g/mol. The summed E-state index contributed by atoms with van der Waals surface area (Å²) in [5, 5.41) is 2.62. The molecule has 1 N–H and O–H groups in total. The van der Waals surface area contributed by atoms with Crippen molar-refractivity contribution in [3.8, 4) is 0 Å². The summed E-state index contributed by atoms with van der Waals surface area (Å²) in [6, 6.07) is 12.7. The lowest BCUT2D eigenvalue weighted by Crippen LogP contribution is -2.34. The Kier molecular flexibility index (Phi) is 5.76. The first kappa shape index (κ1) is 17.0. The van der Waals surface area contributed by atoms with E-state index in [0.29, 0.717) is 11.3 Å². The van der Waals surface area contributed by atoms with E-state index in [2.05, 4.69) is 5.32 Å². The second-order valence-corrected chi connectivity index (χ2v) is 5.82. The van der Waals surface area contributed by atoms with E-state index in [1.807, 2.05) is 18.4 Å². The first-order valence-electron chi connectivity index (χ1n) is 6.94. The van der Waals surface area contributed by atoms with Crippen molar-refractivity contribution in [1.82, 2.24) is 4.90 Å². The van der Waals surface area contributed by atoms with Gasteiger partial charge in [-0.1, -0.05) is 0 Å². The number of thioether (sulfide) groups is 1. The Bertz CT molecular complexity index is 687. The molecule has 0 aliphatic carbocycles. The van der Waals surface area contributed by atoms with Crippen molar-refractivity contribution < 1.29 is 14.0 Å². The van der Waals surface area contributed by atoms with Crippen LogP contribution in [-0.4, -0.2) is 36.6 Å². The van der Waals surface area contributed by atoms with E-state index < -0.39 is 0 Å². The van der Waals surface area contributed by atoms with Gasteiger partial charge in [0, 0.05) is 23.2 Å². The van der Waals surface area contributed by atoms with Crippen LogP contribution in [0.2, 0.25) is 0 Å². The molecule has 23 heavy (non-hydrogen) atoms. The molecule has 0 aliphatic rings. The summed E-state index contributed by atoms with van der Waals surface area (Å²) in [7, 11) is 1.56. The molecule has 0 unspecified atom stereocenters. The molecule has 0 saturated carbocycles. The maximum Gasteiger partial charge on any atom is 0.254 e. The normalized spacial score (nSPS) is 10.2. The van der Waals surface area contributed by atoms with E-state index in [4.69, 9.17) is 0 Å². The van der Waals surface area contributed by atoms with E-state index in [0.717, 1.165) is 4.90 Å². The SMILES string of the molecule is CSc1ccc(C(=O)N(C)CC(=O)Nc2ccc(F)cc2)cc1. The fourth-order valence-corrected chi connectivity index (χ4v) is 2.38. The van der Waals surface area contributed by atoms with Crippen LogP contribution in [0.15, 0.2) is 53.4 Å². The Hall–Kier alpha value is -2.34. The Labute approximate surface area is 138 Å². The zero-order valence-corrected chi connectivity index (χ0v) is 13.7. The molecule has 0 aliphatic heterocycles. The van der Waals surface area contributed by atoms with Crippen LogP contribution in [0.4, 0.5) is 10.1 Å². The number of anilines is 1. The van der Waals surface area contributed by atoms with Gasteiger partial charge in [0.1, 0.15) is 5.82 Å². The van der Waals surface area contributed by atoms with Gasteiger partial charge >= 0.3 is 0 Å². The van der Waals surface area contributed by atoms with Crippen molar-refractivity contribution >= 4 is 29.3 Å². The summed E-state index contributed by atoms with van der Waals surface area (Å²) >= 11 is 1.59. The van der Waals surface area contributed by atoms with Crippen LogP contribution in [-0.2, 0) is 4.79 Å². The molecule has 120 valence electrons. The largest absolute Gasteiger partial charge is 0.332 e. The monoisotopic (exact) mass is 332 g/mol. The van der Waals surface area contributed by atoms with Gasteiger partial charge in [-0.05, 0) is 54.8 Å². The summed E-state index contributed by atoms with van der Waals surface area (Å²) in [5.74, 6) is -0.941. The Morgan fingerprint density at radius 3 is 2.26 bits per heavy atom. The maximum absolute atomic E-state index is 12.8. The number of rotatable bonds is 5. The van der Waals surface area contributed by atoms with Crippen molar-refractivity contribution in [2.45, 2.75) is 4.90 Å². The molecule has 6 heteroatoms. The molecule has 2 aromatic carbocycles. The highest BCUT2D eigenvalue weighted by atomic mass is 32.2. The van der Waals surface area contributed by atoms with Crippen LogP contribution in [0.5, 0.6) is 0 Å². The van der Waals surface area contributed by atoms with Crippen LogP contribution < -0.4 is 5.32 Å². The van der Waals surface area contributed by atoms with Crippen molar-refractivity contribution in [3.05, 3.63) is 59.9 Å². The van der Waals surface area contributed by atoms with Gasteiger partial charge in [-0.25, -0.2) is 4.39 Å². The number of carbonyl (C=O) groups is 2. The first-order valence-corrected chi connectivity index (χ1v) is 8.17. The first-order chi connectivity index (χ1) is 11.0. The lowest BCUT2D eigenvalue weighted by atomic mass is 10.2. The summed E-state index contributed by atoms with van der Waals surface area (Å²) < 4.78 is 12.8. The second kappa shape index (κ2) is 7.78. The number of hydrogen-bond donors (Lipinski definition) is 1. The van der Waals surface area contributed by atoms with Gasteiger partial charge in [0.2, 0.25) is 5.91 Å². The molecule has 0 radical (unpaired) electrons. The van der Waals surface area contributed by atoms with Crippen LogP contribution in [0, 0.1) is 5.82 Å². The Morgan fingerprint density at radius 1 is 1.09 bits per heavy atom. The lowest BCUT2D eigenvalue weighted by Gasteiger charge is -2.17. The molecule has 2 amide bonds. The predicted molar refractivity (Wildman–Crippen MR) is 90.2 cm³/mol. The summed E-state index contributed by atoms with van der Waals surface area (Å²) in [5.41, 5.74) is 1.02. The zero-order chi connectivity index (χ0) is 16.8. The van der Waals surface area contributed by atoms with Crippen LogP contribution in [0.3, 0.4) is 0 Å². The molecule has 2 aromatic rings. The van der Waals surface area contributed by atoms with E-state index in [1.165, 1.54) is 29.2 Å². The molecule has 0 atom stereocenters. The molecule has 2 rings (SSSR count). The standard InChI is InChI=1S/C17H17FN2O2S/c1-20(17(22)12-3-9-15(23-2)10-4-12)11-16(21)19-14-7-5-13(18)6-8-14/h3-10H,11H2,1-2H3,(H,19,21). The van der Waals surface area contributed by atoms with Gasteiger partial charge in [0.05, 0.1) is 6.54 Å². The highest BCUT2D eigenvalue weighted by molar-refractivity contribution is 7.98. The third kappa shape index (κ3) is 4.82. The molecular formula is C17H17FN2O2S. The zero-order valence-electron chi connectivity index (χ0n) is 12.9. The number of carbonyl (C=O) groups excluding carboxylic acids is 2. The number of amides is 2. The molecule has 0 heterocycles. The van der Waals surface area contributed by atoms with Crippen LogP contribution in [0.25, 0.3) is 0 Å². The number of hydrogen-bond acceptors (Lipinski definition) is 3. The Balaban J connectivity index is 1.94. The van der Waals surface area contributed by atoms with Gasteiger partial charge in [-0.15, -0.1) is 11.8 Å². The van der Waals surface area contributed by atoms with E-state index >= 15 is 0 Å². The average Bonchev–Trinajstić information content (AvgIpc) is 2.56. The van der Waals surface area contributed by atoms with Gasteiger partial charge in [-0.3, -0.25) is 9.59 Å². The van der Waals surface area contributed by atoms with Crippen molar-refractivity contribution in [2.24, 2.45) is 0 Å². The van der Waals surface area contributed by atoms with Gasteiger partial charge in [0.15, 0.2) is 0 Å². The van der Waals surface area contributed by atoms with Crippen molar-refractivity contribution in [3.63, 3.8) is 0 Å². The smallest absolute Gasteiger partial charge is 0.254 e. The minimum absolute atomic E-state index is 0.0828. The highest BCUT2D eigenvalue weighted by Gasteiger charge is 2.15. The summed E-state index contributed by atoms with van der Waals surface area (Å²) in [6.07, 6.45) is 1.96. The topological polar surface area (TPSA) is 49.4 Å². The van der Waals surface area contributed by atoms with E-state index in [-0.39, 0.29) is 24.2 Å². The highest BCUT2D eigenvalue weighted by Crippen LogP contribution is 2.15. The fourth-order valence-electron chi connectivity index (χ4n) is 1.97. The Morgan fingerprint density at radius 2 is 1.70 bits per heavy atom. The minimum atomic E-state index is -0.371. The van der Waals surface area contributed by atoms with Gasteiger partial charge < -0.3 is 10.2 Å². The van der Waals surface area contributed by atoms with E-state index in [1.54, 1.807) is 30.9 Å². The number of halogens is 1. The minimum Gasteiger partial charge on any atom is -0.332 e. The second-order valence-electron chi connectivity index (χ2n) is 4.94. The number of benzene rings is 2. The molecule has 0 saturated heterocycles. The number of likely N-dealkylation sites (N-methyl/N-ethyl adjacent to an activating group) is 1. The summed E-state index contributed by atoms with van der Waals surface area (Å²) in [4.78, 5) is 26.6. The molecule has 0 fully saturated rings. The molecule has 0 bridgehead atoms. The maximum atomic E-state index is 12.8. The van der Waals surface area contributed by atoms with Crippen LogP contribution >= 0.6 is 11.8 Å². The third-order valence-electron chi connectivity index (χ3n) is 3.19. The predicted octanol–water partition coefficient (Wildman–Crippen LogP) is 3.26. The van der Waals surface area contributed by atoms with Crippen molar-refractivity contribution in [1.29, 1.82) is 0 Å². The van der Waals surface area contributed by atoms with E-state index in [9.17, 15) is 14.0 Å². The summed E-state index contributed by atoms with van der Waals surface area (Å²) in [6.45, 7) is -0.0828. The molecule has 4 nitrogen and oxygen atoms in total. The number of nitrogens with zero attached hydrogens (tertiary/aromatic N) is 1. The van der Waals surface area contributed by atoms with Crippen LogP contribution in [0.1, 0.15) is 10.4 Å². The number of nitrogens with one attached hydrogen (secondary N) is 1. The molecular weight excluding hydrogens is 315 g/mol. The fraction of sp³-hybridized carbons (Fsp3) is 0.176. The van der Waals surface area contributed by atoms with Crippen molar-refractivity contribution in [2.75, 3.05) is 25.2 Å². The van der Waals surface area contributed by atoms with Gasteiger partial charge in [0.25, 0.3) is 5.91 Å². The third-order valence-corrected chi connectivity index (χ3v) is 3.94. The molecule has 0 spiro atoms.